The molecule has 0 bridgehead atoms. The Balaban J connectivity index is 2.09. The highest BCUT2D eigenvalue weighted by molar-refractivity contribution is 6.35. The maximum Gasteiger partial charge on any atom is 0.123 e. The molecular weight excluding hydrogens is 343 g/mol. The fraction of sp³-hybridized carbons (Fsp3) is 0.368. The molecule has 1 aliphatic rings. The quantitative estimate of drug-likeness (QED) is 0.870. The molecular formula is C19H22Cl2N2O. The number of hydrogen-bond donors (Lipinski definition) is 1. The fourth-order valence-electron chi connectivity index (χ4n) is 3.30. The molecule has 24 heavy (non-hydrogen) atoms. The first-order valence-corrected chi connectivity index (χ1v) is 8.99. The second-order valence-electron chi connectivity index (χ2n) is 5.95. The van der Waals surface area contributed by atoms with Gasteiger partial charge in [0, 0.05) is 35.2 Å². The fourth-order valence-corrected chi connectivity index (χ4v) is 3.81. The number of rotatable bonds is 4. The average molecular weight is 365 g/mol. The van der Waals surface area contributed by atoms with Crippen LogP contribution >= 0.6 is 23.2 Å². The summed E-state index contributed by atoms with van der Waals surface area (Å²) in [6.07, 6.45) is 1.11. The van der Waals surface area contributed by atoms with Crippen LogP contribution in [0.4, 0.5) is 0 Å². The van der Waals surface area contributed by atoms with E-state index in [9.17, 15) is 0 Å². The Bertz CT molecular complexity index is 685. The molecule has 2 aromatic rings. The number of methoxy groups -OCH3 is 1. The number of nitrogens with zero attached hydrogens (tertiary/aromatic N) is 1. The Hall–Kier alpha value is -1.26. The number of hydrogen-bond acceptors (Lipinski definition) is 3. The van der Waals surface area contributed by atoms with E-state index in [0.717, 1.165) is 49.5 Å². The largest absolute Gasteiger partial charge is 0.496 e. The number of nitrogens with one attached hydrogen (secondary N) is 1. The van der Waals surface area contributed by atoms with Gasteiger partial charge in [-0.15, -0.1) is 0 Å². The third-order valence-electron chi connectivity index (χ3n) is 4.43. The van der Waals surface area contributed by atoms with E-state index in [4.69, 9.17) is 27.9 Å². The van der Waals surface area contributed by atoms with Crippen LogP contribution in [0.1, 0.15) is 23.6 Å². The highest BCUT2D eigenvalue weighted by Crippen LogP contribution is 2.38. The third-order valence-corrected chi connectivity index (χ3v) is 4.99. The zero-order valence-corrected chi connectivity index (χ0v) is 15.3. The SMILES string of the molecule is COc1ccccc1C(c1ccc(Cl)cc1Cl)N1CCCNCC1. The lowest BCUT2D eigenvalue weighted by atomic mass is 9.95. The van der Waals surface area contributed by atoms with E-state index in [1.54, 1.807) is 7.11 Å². The maximum absolute atomic E-state index is 6.56. The summed E-state index contributed by atoms with van der Waals surface area (Å²) in [7, 11) is 1.71. The van der Waals surface area contributed by atoms with Gasteiger partial charge in [-0.1, -0.05) is 47.5 Å². The first kappa shape index (κ1) is 17.6. The lowest BCUT2D eigenvalue weighted by Crippen LogP contribution is -2.33. The minimum atomic E-state index is 0.0471. The molecule has 1 unspecified atom stereocenters. The minimum absolute atomic E-state index is 0.0471. The summed E-state index contributed by atoms with van der Waals surface area (Å²) in [5, 5.41) is 4.80. The van der Waals surface area contributed by atoms with Crippen molar-refractivity contribution in [2.75, 3.05) is 33.3 Å². The summed E-state index contributed by atoms with van der Waals surface area (Å²) in [5.41, 5.74) is 2.19. The summed E-state index contributed by atoms with van der Waals surface area (Å²) >= 11 is 12.7. The molecule has 1 aliphatic heterocycles. The molecule has 3 nitrogen and oxygen atoms in total. The van der Waals surface area contributed by atoms with Gasteiger partial charge in [-0.05, 0) is 36.7 Å². The molecule has 0 saturated carbocycles. The van der Waals surface area contributed by atoms with Gasteiger partial charge in [0.2, 0.25) is 0 Å². The van der Waals surface area contributed by atoms with Crippen molar-refractivity contribution in [3.05, 3.63) is 63.6 Å². The Kier molecular flexibility index (Phi) is 6.01. The molecule has 1 saturated heterocycles. The predicted octanol–water partition coefficient (Wildman–Crippen LogP) is 4.39. The molecule has 3 rings (SSSR count). The Labute approximate surface area is 153 Å². The van der Waals surface area contributed by atoms with Gasteiger partial charge in [-0.2, -0.15) is 0 Å². The summed E-state index contributed by atoms with van der Waals surface area (Å²) in [6, 6.07) is 14.0. The van der Waals surface area contributed by atoms with Crippen molar-refractivity contribution in [1.82, 2.24) is 10.2 Å². The molecule has 128 valence electrons. The molecule has 0 spiro atoms. The predicted molar refractivity (Wildman–Crippen MR) is 100 cm³/mol. The van der Waals surface area contributed by atoms with Crippen LogP contribution in [0.3, 0.4) is 0 Å². The van der Waals surface area contributed by atoms with Crippen LogP contribution in [0.5, 0.6) is 5.75 Å². The number of ether oxygens (including phenoxy) is 1. The Morgan fingerprint density at radius 2 is 1.88 bits per heavy atom. The third kappa shape index (κ3) is 3.86. The lowest BCUT2D eigenvalue weighted by molar-refractivity contribution is 0.236. The smallest absolute Gasteiger partial charge is 0.123 e. The molecule has 5 heteroatoms. The standard InChI is InChI=1S/C19H22Cl2N2O/c1-24-18-6-3-2-5-16(18)19(23-11-4-9-22-10-12-23)15-8-7-14(20)13-17(15)21/h2-3,5-8,13,19,22H,4,9-12H2,1H3. The maximum atomic E-state index is 6.56. The van der Waals surface area contributed by atoms with Gasteiger partial charge in [-0.25, -0.2) is 0 Å². The molecule has 0 amide bonds. The second kappa shape index (κ2) is 8.21. The van der Waals surface area contributed by atoms with Gasteiger partial charge in [0.25, 0.3) is 0 Å². The van der Waals surface area contributed by atoms with Crippen LogP contribution in [0.25, 0.3) is 0 Å². The van der Waals surface area contributed by atoms with Crippen LogP contribution in [-0.2, 0) is 0 Å². The number of benzene rings is 2. The lowest BCUT2D eigenvalue weighted by Gasteiger charge is -2.32. The van der Waals surface area contributed by atoms with Gasteiger partial charge in [0.05, 0.1) is 13.2 Å². The van der Waals surface area contributed by atoms with Crippen molar-refractivity contribution in [3.8, 4) is 5.75 Å². The first-order valence-electron chi connectivity index (χ1n) is 8.23. The summed E-state index contributed by atoms with van der Waals surface area (Å²) in [4.78, 5) is 2.47. The van der Waals surface area contributed by atoms with Crippen LogP contribution in [-0.4, -0.2) is 38.2 Å². The zero-order chi connectivity index (χ0) is 16.9. The van der Waals surface area contributed by atoms with E-state index in [0.29, 0.717) is 10.0 Å². The molecule has 1 atom stereocenters. The summed E-state index contributed by atoms with van der Waals surface area (Å²) in [6.45, 7) is 3.98. The van der Waals surface area contributed by atoms with Crippen molar-refractivity contribution in [2.24, 2.45) is 0 Å². The van der Waals surface area contributed by atoms with Crippen molar-refractivity contribution >= 4 is 23.2 Å². The highest BCUT2D eigenvalue weighted by Gasteiger charge is 2.27. The van der Waals surface area contributed by atoms with E-state index in [1.807, 2.05) is 36.4 Å². The van der Waals surface area contributed by atoms with Crippen LogP contribution < -0.4 is 10.1 Å². The highest BCUT2D eigenvalue weighted by atomic mass is 35.5. The number of halogens is 2. The monoisotopic (exact) mass is 364 g/mol. The van der Waals surface area contributed by atoms with Crippen molar-refractivity contribution in [1.29, 1.82) is 0 Å². The summed E-state index contributed by atoms with van der Waals surface area (Å²) < 4.78 is 5.62. The van der Waals surface area contributed by atoms with Crippen LogP contribution in [0, 0.1) is 0 Å². The number of para-hydroxylation sites is 1. The van der Waals surface area contributed by atoms with E-state index >= 15 is 0 Å². The van der Waals surface area contributed by atoms with Gasteiger partial charge in [-0.3, -0.25) is 4.90 Å². The second-order valence-corrected chi connectivity index (χ2v) is 6.79. The molecule has 0 aromatic heterocycles. The average Bonchev–Trinajstić information content (AvgIpc) is 2.87. The molecule has 0 aliphatic carbocycles. The zero-order valence-electron chi connectivity index (χ0n) is 13.8. The molecule has 0 radical (unpaired) electrons. The van der Waals surface area contributed by atoms with E-state index < -0.39 is 0 Å². The van der Waals surface area contributed by atoms with Crippen molar-refractivity contribution in [3.63, 3.8) is 0 Å². The van der Waals surface area contributed by atoms with Gasteiger partial charge < -0.3 is 10.1 Å². The van der Waals surface area contributed by atoms with E-state index in [-0.39, 0.29) is 6.04 Å². The van der Waals surface area contributed by atoms with Crippen molar-refractivity contribution < 1.29 is 4.74 Å². The Morgan fingerprint density at radius 3 is 2.67 bits per heavy atom. The first-order chi connectivity index (χ1) is 11.7. The van der Waals surface area contributed by atoms with Gasteiger partial charge >= 0.3 is 0 Å². The van der Waals surface area contributed by atoms with E-state index in [1.165, 1.54) is 0 Å². The topological polar surface area (TPSA) is 24.5 Å². The summed E-state index contributed by atoms with van der Waals surface area (Å²) in [5.74, 6) is 0.880. The molecule has 1 fully saturated rings. The molecule has 1 N–H and O–H groups in total. The van der Waals surface area contributed by atoms with Crippen molar-refractivity contribution in [2.45, 2.75) is 12.5 Å². The normalized spacial score (nSPS) is 17.3. The van der Waals surface area contributed by atoms with Crippen LogP contribution in [0.2, 0.25) is 10.0 Å². The minimum Gasteiger partial charge on any atom is -0.496 e. The van der Waals surface area contributed by atoms with E-state index in [2.05, 4.69) is 16.3 Å². The molecule has 1 heterocycles. The van der Waals surface area contributed by atoms with Gasteiger partial charge in [0.1, 0.15) is 5.75 Å². The van der Waals surface area contributed by atoms with Crippen LogP contribution in [0.15, 0.2) is 42.5 Å². The van der Waals surface area contributed by atoms with Gasteiger partial charge in [0.15, 0.2) is 0 Å². The Morgan fingerprint density at radius 1 is 1.04 bits per heavy atom. The molecule has 2 aromatic carbocycles.